The van der Waals surface area contributed by atoms with Crippen LogP contribution in [0.5, 0.6) is 5.75 Å². The molecule has 5 nitrogen and oxygen atoms in total. The maximum absolute atomic E-state index is 12.3. The zero-order valence-electron chi connectivity index (χ0n) is 15.2. The third-order valence-corrected chi connectivity index (χ3v) is 4.17. The first-order valence-corrected chi connectivity index (χ1v) is 8.75. The van der Waals surface area contributed by atoms with Crippen molar-refractivity contribution in [3.63, 3.8) is 0 Å². The van der Waals surface area contributed by atoms with Gasteiger partial charge in [-0.25, -0.2) is 0 Å². The highest BCUT2D eigenvalue weighted by molar-refractivity contribution is 6.32. The Morgan fingerprint density at radius 2 is 1.77 bits per heavy atom. The van der Waals surface area contributed by atoms with Crippen LogP contribution in [-0.4, -0.2) is 36.9 Å². The lowest BCUT2D eigenvalue weighted by atomic mass is 10.1. The number of nitrogens with zero attached hydrogens (tertiary/aromatic N) is 1. The summed E-state index contributed by atoms with van der Waals surface area (Å²) in [4.78, 5) is 25.5. The van der Waals surface area contributed by atoms with Crippen LogP contribution in [0.4, 0.5) is 5.69 Å². The number of para-hydroxylation sites is 1. The Kier molecular flexibility index (Phi) is 7.04. The molecule has 0 saturated carbocycles. The molecule has 2 rings (SSSR count). The Balaban J connectivity index is 1.88. The van der Waals surface area contributed by atoms with Crippen LogP contribution in [0.15, 0.2) is 48.5 Å². The fourth-order valence-corrected chi connectivity index (χ4v) is 2.44. The van der Waals surface area contributed by atoms with Crippen molar-refractivity contribution in [2.24, 2.45) is 0 Å². The van der Waals surface area contributed by atoms with Crippen LogP contribution >= 0.6 is 11.6 Å². The molecule has 0 radical (unpaired) electrons. The van der Waals surface area contributed by atoms with E-state index in [0.29, 0.717) is 29.3 Å². The van der Waals surface area contributed by atoms with E-state index in [4.69, 9.17) is 16.3 Å². The van der Waals surface area contributed by atoms with Crippen LogP contribution in [0, 0.1) is 0 Å². The highest BCUT2D eigenvalue weighted by Gasteiger charge is 2.16. The summed E-state index contributed by atoms with van der Waals surface area (Å²) in [7, 11) is 3.49. The number of hydrogen-bond acceptors (Lipinski definition) is 3. The molecule has 2 aromatic rings. The molecule has 0 spiro atoms. The Hall–Kier alpha value is -2.53. The topological polar surface area (TPSA) is 58.6 Å². The number of benzene rings is 2. The lowest BCUT2D eigenvalue weighted by Gasteiger charge is -2.15. The molecule has 0 fully saturated rings. The lowest BCUT2D eigenvalue weighted by Crippen LogP contribution is -2.30. The van der Waals surface area contributed by atoms with Gasteiger partial charge in [0.05, 0.1) is 5.02 Å². The monoisotopic (exact) mass is 374 g/mol. The summed E-state index contributed by atoms with van der Waals surface area (Å²) in [6.07, 6.45) is 0.436. The smallest absolute Gasteiger partial charge is 0.265 e. The van der Waals surface area contributed by atoms with E-state index in [-0.39, 0.29) is 11.8 Å². The largest absolute Gasteiger partial charge is 0.479 e. The van der Waals surface area contributed by atoms with Crippen LogP contribution in [0.2, 0.25) is 5.02 Å². The standard InChI is InChI=1S/C20H23ClN2O3/c1-14(26-18-7-5-4-6-17(18)21)20(25)22-16-11-8-15(9-12-16)10-13-19(24)23(2)3/h4-9,11-12,14H,10,13H2,1-3H3,(H,22,25). The summed E-state index contributed by atoms with van der Waals surface area (Å²) < 4.78 is 5.60. The molecule has 26 heavy (non-hydrogen) atoms. The van der Waals surface area contributed by atoms with Crippen molar-refractivity contribution in [3.05, 3.63) is 59.1 Å². The Bertz CT molecular complexity index is 760. The number of amides is 2. The van der Waals surface area contributed by atoms with E-state index >= 15 is 0 Å². The van der Waals surface area contributed by atoms with Crippen LogP contribution in [0.1, 0.15) is 18.9 Å². The first-order chi connectivity index (χ1) is 12.4. The van der Waals surface area contributed by atoms with E-state index in [1.165, 1.54) is 0 Å². The van der Waals surface area contributed by atoms with Crippen molar-refractivity contribution < 1.29 is 14.3 Å². The molecule has 1 unspecified atom stereocenters. The molecule has 1 atom stereocenters. The van der Waals surface area contributed by atoms with E-state index in [9.17, 15) is 9.59 Å². The number of anilines is 1. The van der Waals surface area contributed by atoms with Crippen molar-refractivity contribution in [1.82, 2.24) is 4.90 Å². The number of halogens is 1. The zero-order valence-corrected chi connectivity index (χ0v) is 15.9. The first kappa shape index (κ1) is 19.8. The van der Waals surface area contributed by atoms with Gasteiger partial charge in [-0.1, -0.05) is 35.9 Å². The fraction of sp³-hybridized carbons (Fsp3) is 0.300. The van der Waals surface area contributed by atoms with Gasteiger partial charge in [-0.15, -0.1) is 0 Å². The van der Waals surface area contributed by atoms with Gasteiger partial charge < -0.3 is 15.0 Å². The average molecular weight is 375 g/mol. The predicted molar refractivity (Wildman–Crippen MR) is 104 cm³/mol. The number of ether oxygens (including phenoxy) is 1. The van der Waals surface area contributed by atoms with Crippen molar-refractivity contribution in [3.8, 4) is 5.75 Å². The molecule has 0 aliphatic heterocycles. The highest BCUT2D eigenvalue weighted by atomic mass is 35.5. The normalized spacial score (nSPS) is 11.5. The second-order valence-corrected chi connectivity index (χ2v) is 6.57. The number of rotatable bonds is 7. The SMILES string of the molecule is CC(Oc1ccccc1Cl)C(=O)Nc1ccc(CCC(=O)N(C)C)cc1. The molecular formula is C20H23ClN2O3. The van der Waals surface area contributed by atoms with E-state index in [1.807, 2.05) is 24.3 Å². The molecule has 0 saturated heterocycles. The van der Waals surface area contributed by atoms with E-state index in [2.05, 4.69) is 5.32 Å². The van der Waals surface area contributed by atoms with Crippen molar-refractivity contribution in [2.45, 2.75) is 25.9 Å². The third kappa shape index (κ3) is 5.77. The molecule has 0 aliphatic rings. The summed E-state index contributed by atoms with van der Waals surface area (Å²) >= 11 is 6.04. The maximum Gasteiger partial charge on any atom is 0.265 e. The Morgan fingerprint density at radius 1 is 1.12 bits per heavy atom. The Labute approximate surface area is 158 Å². The highest BCUT2D eigenvalue weighted by Crippen LogP contribution is 2.24. The van der Waals surface area contributed by atoms with E-state index in [0.717, 1.165) is 5.56 Å². The number of carbonyl (C=O) groups is 2. The number of hydrogen-bond donors (Lipinski definition) is 1. The van der Waals surface area contributed by atoms with Gasteiger partial charge >= 0.3 is 0 Å². The van der Waals surface area contributed by atoms with Gasteiger partial charge in [-0.3, -0.25) is 9.59 Å². The van der Waals surface area contributed by atoms with E-state index < -0.39 is 6.10 Å². The van der Waals surface area contributed by atoms with Gasteiger partial charge in [0.2, 0.25) is 5.91 Å². The van der Waals surface area contributed by atoms with Crippen LogP contribution < -0.4 is 10.1 Å². The molecule has 0 heterocycles. The fourth-order valence-electron chi connectivity index (χ4n) is 2.26. The van der Waals surface area contributed by atoms with Crippen molar-refractivity contribution >= 4 is 29.1 Å². The van der Waals surface area contributed by atoms with Gasteiger partial charge in [0, 0.05) is 26.2 Å². The van der Waals surface area contributed by atoms with Gasteiger partial charge in [-0.05, 0) is 43.2 Å². The predicted octanol–water partition coefficient (Wildman–Crippen LogP) is 3.77. The van der Waals surface area contributed by atoms with Crippen LogP contribution in [0.25, 0.3) is 0 Å². The molecular weight excluding hydrogens is 352 g/mol. The minimum atomic E-state index is -0.688. The summed E-state index contributed by atoms with van der Waals surface area (Å²) in [6, 6.07) is 14.5. The number of carbonyl (C=O) groups excluding carboxylic acids is 2. The number of nitrogens with one attached hydrogen (secondary N) is 1. The van der Waals surface area contributed by atoms with Gasteiger partial charge in [-0.2, -0.15) is 0 Å². The zero-order chi connectivity index (χ0) is 19.1. The van der Waals surface area contributed by atoms with E-state index in [1.54, 1.807) is 50.2 Å². The third-order valence-electron chi connectivity index (χ3n) is 3.86. The quantitative estimate of drug-likeness (QED) is 0.802. The van der Waals surface area contributed by atoms with Crippen molar-refractivity contribution in [2.75, 3.05) is 19.4 Å². The second-order valence-electron chi connectivity index (χ2n) is 6.16. The lowest BCUT2D eigenvalue weighted by molar-refractivity contribution is -0.128. The molecule has 2 aromatic carbocycles. The Morgan fingerprint density at radius 3 is 2.38 bits per heavy atom. The average Bonchev–Trinajstić information content (AvgIpc) is 2.62. The molecule has 0 bridgehead atoms. The summed E-state index contributed by atoms with van der Waals surface area (Å²) in [5, 5.41) is 3.27. The van der Waals surface area contributed by atoms with Gasteiger partial charge in [0.15, 0.2) is 6.10 Å². The molecule has 138 valence electrons. The summed E-state index contributed by atoms with van der Waals surface area (Å²) in [5.41, 5.74) is 1.71. The molecule has 2 amide bonds. The van der Waals surface area contributed by atoms with Crippen molar-refractivity contribution in [1.29, 1.82) is 0 Å². The summed E-state index contributed by atoms with van der Waals surface area (Å²) in [5.74, 6) is 0.297. The number of aryl methyl sites for hydroxylation is 1. The molecule has 1 N–H and O–H groups in total. The molecule has 0 aromatic heterocycles. The second kappa shape index (κ2) is 9.25. The first-order valence-electron chi connectivity index (χ1n) is 8.38. The summed E-state index contributed by atoms with van der Waals surface area (Å²) in [6.45, 7) is 1.67. The minimum Gasteiger partial charge on any atom is -0.479 e. The van der Waals surface area contributed by atoms with Gasteiger partial charge in [0.25, 0.3) is 5.91 Å². The minimum absolute atomic E-state index is 0.0907. The molecule has 6 heteroatoms. The van der Waals surface area contributed by atoms with Crippen LogP contribution in [0.3, 0.4) is 0 Å². The molecule has 0 aliphatic carbocycles. The van der Waals surface area contributed by atoms with Gasteiger partial charge in [0.1, 0.15) is 5.75 Å². The maximum atomic E-state index is 12.3. The van der Waals surface area contributed by atoms with Crippen LogP contribution in [-0.2, 0) is 16.0 Å².